The largest absolute Gasteiger partial charge is 0.488 e. The van der Waals surface area contributed by atoms with Crippen LogP contribution >= 0.6 is 0 Å². The Morgan fingerprint density at radius 3 is 2.81 bits per heavy atom. The van der Waals surface area contributed by atoms with Crippen LogP contribution in [0.15, 0.2) is 18.2 Å². The Balaban J connectivity index is 1.49. The van der Waals surface area contributed by atoms with Crippen LogP contribution in [0, 0.1) is 12.8 Å². The van der Waals surface area contributed by atoms with E-state index in [2.05, 4.69) is 49.3 Å². The predicted molar refractivity (Wildman–Crippen MR) is 87.0 cm³/mol. The third kappa shape index (κ3) is 3.41. The van der Waals surface area contributed by atoms with Crippen molar-refractivity contribution in [1.29, 1.82) is 0 Å². The predicted octanol–water partition coefficient (Wildman–Crippen LogP) is 2.62. The number of benzene rings is 1. The number of aryl methyl sites for hydroxylation is 1. The van der Waals surface area contributed by atoms with Gasteiger partial charge in [0.05, 0.1) is 0 Å². The maximum absolute atomic E-state index is 6.11. The van der Waals surface area contributed by atoms with E-state index in [1.54, 1.807) is 0 Å². The Bertz CT molecular complexity index is 480. The van der Waals surface area contributed by atoms with Crippen molar-refractivity contribution >= 4 is 0 Å². The first-order valence-corrected chi connectivity index (χ1v) is 8.31. The molecule has 21 heavy (non-hydrogen) atoms. The number of fused-ring (bicyclic) bond motifs is 1. The van der Waals surface area contributed by atoms with E-state index in [0.29, 0.717) is 12.1 Å². The molecule has 1 saturated heterocycles. The van der Waals surface area contributed by atoms with Gasteiger partial charge in [0, 0.05) is 19.0 Å². The lowest BCUT2D eigenvalue weighted by Gasteiger charge is -2.35. The average molecular weight is 288 g/mol. The summed E-state index contributed by atoms with van der Waals surface area (Å²) in [7, 11) is 2.07. The Morgan fingerprint density at radius 1 is 1.33 bits per heavy atom. The number of hydrogen-bond acceptors (Lipinski definition) is 3. The number of nitrogens with one attached hydrogen (secondary N) is 1. The highest BCUT2D eigenvalue weighted by atomic mass is 16.5. The molecule has 0 radical (unpaired) electrons. The van der Waals surface area contributed by atoms with Crippen LogP contribution in [0.5, 0.6) is 5.75 Å². The summed E-state index contributed by atoms with van der Waals surface area (Å²) >= 11 is 0. The van der Waals surface area contributed by atoms with Gasteiger partial charge in [0.15, 0.2) is 0 Å². The SMILES string of the molecule is CNC(C)C1CCN(CC2Cc3cc(C)ccc3O2)CC1. The molecule has 3 heteroatoms. The number of nitrogens with zero attached hydrogens (tertiary/aromatic N) is 1. The van der Waals surface area contributed by atoms with Crippen LogP contribution in [0.1, 0.15) is 30.9 Å². The van der Waals surface area contributed by atoms with Gasteiger partial charge in [0.1, 0.15) is 11.9 Å². The summed E-state index contributed by atoms with van der Waals surface area (Å²) in [6.45, 7) is 7.97. The van der Waals surface area contributed by atoms with Crippen molar-refractivity contribution in [3.8, 4) is 5.75 Å². The molecule has 3 rings (SSSR count). The maximum Gasteiger partial charge on any atom is 0.123 e. The molecule has 0 spiro atoms. The first-order valence-electron chi connectivity index (χ1n) is 8.31. The monoisotopic (exact) mass is 288 g/mol. The van der Waals surface area contributed by atoms with Gasteiger partial charge in [0.25, 0.3) is 0 Å². The van der Waals surface area contributed by atoms with Gasteiger partial charge in [0.2, 0.25) is 0 Å². The lowest BCUT2D eigenvalue weighted by atomic mass is 9.90. The second kappa shape index (κ2) is 6.37. The summed E-state index contributed by atoms with van der Waals surface area (Å²) in [5.74, 6) is 1.93. The molecule has 0 aliphatic carbocycles. The molecule has 2 heterocycles. The Morgan fingerprint density at radius 2 is 2.10 bits per heavy atom. The Kier molecular flexibility index (Phi) is 4.51. The fourth-order valence-electron chi connectivity index (χ4n) is 3.71. The lowest BCUT2D eigenvalue weighted by Crippen LogP contribution is -2.44. The molecule has 2 aliphatic heterocycles. The second-order valence-corrected chi connectivity index (χ2v) is 6.77. The van der Waals surface area contributed by atoms with Gasteiger partial charge in [-0.15, -0.1) is 0 Å². The Labute approximate surface area is 128 Å². The zero-order valence-electron chi connectivity index (χ0n) is 13.6. The normalized spacial score (nSPS) is 24.6. The standard InChI is InChI=1S/C18H28N2O/c1-13-4-5-18-16(10-13)11-17(21-18)12-20-8-6-15(7-9-20)14(2)19-3/h4-5,10,14-15,17,19H,6-9,11-12H2,1-3H3. The van der Waals surface area contributed by atoms with Crippen LogP contribution in [-0.2, 0) is 6.42 Å². The van der Waals surface area contributed by atoms with Crippen LogP contribution in [0.4, 0.5) is 0 Å². The van der Waals surface area contributed by atoms with Crippen LogP contribution < -0.4 is 10.1 Å². The van der Waals surface area contributed by atoms with Gasteiger partial charge in [-0.1, -0.05) is 17.7 Å². The van der Waals surface area contributed by atoms with E-state index in [0.717, 1.165) is 24.6 Å². The van der Waals surface area contributed by atoms with E-state index in [-0.39, 0.29) is 0 Å². The smallest absolute Gasteiger partial charge is 0.123 e. The van der Waals surface area contributed by atoms with Crippen LogP contribution in [0.2, 0.25) is 0 Å². The molecule has 0 amide bonds. The molecule has 2 unspecified atom stereocenters. The van der Waals surface area contributed by atoms with Crippen molar-refractivity contribution in [2.45, 2.75) is 45.3 Å². The van der Waals surface area contributed by atoms with Crippen molar-refractivity contribution < 1.29 is 4.74 Å². The lowest BCUT2D eigenvalue weighted by molar-refractivity contribution is 0.109. The molecule has 116 valence electrons. The number of ether oxygens (including phenoxy) is 1. The molecular weight excluding hydrogens is 260 g/mol. The first-order chi connectivity index (χ1) is 10.2. The van der Waals surface area contributed by atoms with E-state index < -0.39 is 0 Å². The van der Waals surface area contributed by atoms with Crippen molar-refractivity contribution in [3.05, 3.63) is 29.3 Å². The van der Waals surface area contributed by atoms with E-state index in [9.17, 15) is 0 Å². The van der Waals surface area contributed by atoms with E-state index in [4.69, 9.17) is 4.74 Å². The van der Waals surface area contributed by atoms with Gasteiger partial charge in [-0.2, -0.15) is 0 Å². The highest BCUT2D eigenvalue weighted by Gasteiger charge is 2.28. The van der Waals surface area contributed by atoms with Crippen molar-refractivity contribution in [1.82, 2.24) is 10.2 Å². The minimum Gasteiger partial charge on any atom is -0.488 e. The highest BCUT2D eigenvalue weighted by Crippen LogP contribution is 2.30. The van der Waals surface area contributed by atoms with Crippen LogP contribution in [-0.4, -0.2) is 43.7 Å². The molecule has 1 N–H and O–H groups in total. The summed E-state index contributed by atoms with van der Waals surface area (Å²) in [5.41, 5.74) is 2.72. The fraction of sp³-hybridized carbons (Fsp3) is 0.667. The van der Waals surface area contributed by atoms with E-state index >= 15 is 0 Å². The molecule has 0 bridgehead atoms. The van der Waals surface area contributed by atoms with Crippen molar-refractivity contribution in [3.63, 3.8) is 0 Å². The van der Waals surface area contributed by atoms with Crippen molar-refractivity contribution in [2.75, 3.05) is 26.7 Å². The molecule has 2 atom stereocenters. The maximum atomic E-state index is 6.11. The molecule has 1 aromatic rings. The summed E-state index contributed by atoms with van der Waals surface area (Å²) in [6, 6.07) is 7.19. The topological polar surface area (TPSA) is 24.5 Å². The zero-order valence-corrected chi connectivity index (χ0v) is 13.6. The van der Waals surface area contributed by atoms with E-state index in [1.165, 1.54) is 37.1 Å². The quantitative estimate of drug-likeness (QED) is 0.922. The second-order valence-electron chi connectivity index (χ2n) is 6.77. The summed E-state index contributed by atoms with van der Waals surface area (Å²) in [6.07, 6.45) is 4.03. The van der Waals surface area contributed by atoms with Gasteiger partial charge in [-0.05, 0) is 64.4 Å². The minimum absolute atomic E-state index is 0.347. The third-order valence-electron chi connectivity index (χ3n) is 5.21. The molecule has 0 aromatic heterocycles. The number of rotatable bonds is 4. The number of piperidine rings is 1. The summed E-state index contributed by atoms with van der Waals surface area (Å²) < 4.78 is 6.11. The first kappa shape index (κ1) is 14.9. The number of likely N-dealkylation sites (tertiary alicyclic amines) is 1. The minimum atomic E-state index is 0.347. The van der Waals surface area contributed by atoms with Gasteiger partial charge < -0.3 is 10.1 Å². The summed E-state index contributed by atoms with van der Waals surface area (Å²) in [5, 5.41) is 3.40. The van der Waals surface area contributed by atoms with Crippen LogP contribution in [0.3, 0.4) is 0 Å². The summed E-state index contributed by atoms with van der Waals surface area (Å²) in [4.78, 5) is 2.59. The molecule has 1 fully saturated rings. The van der Waals surface area contributed by atoms with Gasteiger partial charge in [-0.3, -0.25) is 4.90 Å². The average Bonchev–Trinajstić information content (AvgIpc) is 2.88. The molecular formula is C18H28N2O. The fourth-order valence-corrected chi connectivity index (χ4v) is 3.71. The van der Waals surface area contributed by atoms with E-state index in [1.807, 2.05) is 0 Å². The zero-order chi connectivity index (χ0) is 14.8. The molecule has 2 aliphatic rings. The molecule has 1 aromatic carbocycles. The number of hydrogen-bond donors (Lipinski definition) is 1. The van der Waals surface area contributed by atoms with Crippen molar-refractivity contribution in [2.24, 2.45) is 5.92 Å². The van der Waals surface area contributed by atoms with Gasteiger partial charge >= 0.3 is 0 Å². The van der Waals surface area contributed by atoms with Crippen LogP contribution in [0.25, 0.3) is 0 Å². The third-order valence-corrected chi connectivity index (χ3v) is 5.21. The highest BCUT2D eigenvalue weighted by molar-refractivity contribution is 5.40. The molecule has 0 saturated carbocycles. The Hall–Kier alpha value is -1.06. The van der Waals surface area contributed by atoms with Gasteiger partial charge in [-0.25, -0.2) is 0 Å². The molecule has 3 nitrogen and oxygen atoms in total.